The van der Waals surface area contributed by atoms with Crippen LogP contribution < -0.4 is 0 Å². The molecular formula is C7H12O2. The van der Waals surface area contributed by atoms with E-state index in [0.717, 1.165) is 0 Å². The van der Waals surface area contributed by atoms with E-state index in [-0.39, 0.29) is 6.42 Å². The smallest absolute Gasteiger partial charge is 0.307 e. The van der Waals surface area contributed by atoms with Gasteiger partial charge in [-0.3, -0.25) is 4.79 Å². The molecule has 0 aliphatic carbocycles. The van der Waals surface area contributed by atoms with Gasteiger partial charge in [-0.2, -0.15) is 0 Å². The van der Waals surface area contributed by atoms with E-state index < -0.39 is 5.97 Å². The average molecular weight is 128 g/mol. The van der Waals surface area contributed by atoms with E-state index in [1.165, 1.54) is 0 Å². The molecule has 0 heterocycles. The fourth-order valence-electron chi connectivity index (χ4n) is 0.441. The first-order valence-electron chi connectivity index (χ1n) is 3.01. The molecule has 0 saturated heterocycles. The molecule has 0 aromatic heterocycles. The molecule has 0 fully saturated rings. The first-order valence-corrected chi connectivity index (χ1v) is 3.01. The molecule has 0 atom stereocenters. The van der Waals surface area contributed by atoms with Crippen LogP contribution in [0.15, 0.2) is 12.2 Å². The van der Waals surface area contributed by atoms with Crippen molar-refractivity contribution in [2.45, 2.75) is 20.3 Å². The van der Waals surface area contributed by atoms with E-state index in [2.05, 4.69) is 0 Å². The van der Waals surface area contributed by atoms with Crippen molar-refractivity contribution in [2.75, 3.05) is 0 Å². The second-order valence-corrected chi connectivity index (χ2v) is 2.27. The third kappa shape index (κ3) is 7.21. The van der Waals surface area contributed by atoms with Crippen molar-refractivity contribution in [3.63, 3.8) is 0 Å². The van der Waals surface area contributed by atoms with Gasteiger partial charge in [0, 0.05) is 0 Å². The Morgan fingerprint density at radius 3 is 2.56 bits per heavy atom. The summed E-state index contributed by atoms with van der Waals surface area (Å²) in [6.45, 7) is 4.02. The molecule has 52 valence electrons. The quantitative estimate of drug-likeness (QED) is 0.587. The van der Waals surface area contributed by atoms with Crippen LogP contribution in [0.4, 0.5) is 0 Å². The van der Waals surface area contributed by atoms with E-state index in [4.69, 9.17) is 5.11 Å². The van der Waals surface area contributed by atoms with Gasteiger partial charge in [-0.05, 0) is 5.92 Å². The molecule has 0 amide bonds. The van der Waals surface area contributed by atoms with Crippen molar-refractivity contribution in [3.8, 4) is 0 Å². The first kappa shape index (κ1) is 8.21. The zero-order chi connectivity index (χ0) is 7.28. The van der Waals surface area contributed by atoms with Crippen LogP contribution in [-0.2, 0) is 4.79 Å². The number of hydrogen-bond donors (Lipinski definition) is 1. The maximum absolute atomic E-state index is 9.93. The minimum absolute atomic E-state index is 0.137. The predicted octanol–water partition coefficient (Wildman–Crippen LogP) is 1.67. The van der Waals surface area contributed by atoms with Gasteiger partial charge in [0.25, 0.3) is 0 Å². The highest BCUT2D eigenvalue weighted by Crippen LogP contribution is 1.94. The fraction of sp³-hybridized carbons (Fsp3) is 0.571. The summed E-state index contributed by atoms with van der Waals surface area (Å²) in [6, 6.07) is 0. The van der Waals surface area contributed by atoms with Gasteiger partial charge in [-0.15, -0.1) is 0 Å². The van der Waals surface area contributed by atoms with Gasteiger partial charge < -0.3 is 5.11 Å². The Labute approximate surface area is 55.2 Å². The predicted molar refractivity (Wildman–Crippen MR) is 36.2 cm³/mol. The molecule has 0 bridgehead atoms. The van der Waals surface area contributed by atoms with Crippen LogP contribution in [0.5, 0.6) is 0 Å². The van der Waals surface area contributed by atoms with Crippen molar-refractivity contribution < 1.29 is 9.90 Å². The van der Waals surface area contributed by atoms with Gasteiger partial charge in [0.2, 0.25) is 0 Å². The molecule has 9 heavy (non-hydrogen) atoms. The number of allylic oxidation sites excluding steroid dienone is 1. The van der Waals surface area contributed by atoms with Gasteiger partial charge in [0.05, 0.1) is 6.42 Å². The lowest BCUT2D eigenvalue weighted by Crippen LogP contribution is -1.90. The molecule has 0 rings (SSSR count). The van der Waals surface area contributed by atoms with Crippen molar-refractivity contribution >= 4 is 5.97 Å². The third-order valence-corrected chi connectivity index (χ3v) is 0.813. The van der Waals surface area contributed by atoms with E-state index in [0.29, 0.717) is 5.92 Å². The van der Waals surface area contributed by atoms with Gasteiger partial charge in [-0.25, -0.2) is 0 Å². The number of rotatable bonds is 3. The topological polar surface area (TPSA) is 37.3 Å². The van der Waals surface area contributed by atoms with Crippen LogP contribution in [0.1, 0.15) is 20.3 Å². The molecule has 0 aromatic carbocycles. The van der Waals surface area contributed by atoms with Crippen LogP contribution in [0.25, 0.3) is 0 Å². The fourth-order valence-corrected chi connectivity index (χ4v) is 0.441. The number of aliphatic carboxylic acids is 1. The maximum atomic E-state index is 9.93. The number of hydrogen-bond acceptors (Lipinski definition) is 1. The maximum Gasteiger partial charge on any atom is 0.307 e. The largest absolute Gasteiger partial charge is 0.481 e. The van der Waals surface area contributed by atoms with E-state index in [9.17, 15) is 4.79 Å². The molecule has 2 nitrogen and oxygen atoms in total. The van der Waals surface area contributed by atoms with Gasteiger partial charge in [-0.1, -0.05) is 26.0 Å². The number of carboxylic acids is 1. The van der Waals surface area contributed by atoms with E-state index in [1.54, 1.807) is 6.08 Å². The van der Waals surface area contributed by atoms with Crippen molar-refractivity contribution in [3.05, 3.63) is 12.2 Å². The standard InChI is InChI=1S/C7H12O2/c1-6(2)4-3-5-7(8)9/h3-4,6H,5H2,1-2H3,(H,8,9). The van der Waals surface area contributed by atoms with Crippen LogP contribution in [0, 0.1) is 5.92 Å². The summed E-state index contributed by atoms with van der Waals surface area (Å²) in [4.78, 5) is 9.93. The highest BCUT2D eigenvalue weighted by atomic mass is 16.4. The normalized spacial score (nSPS) is 11.0. The third-order valence-electron chi connectivity index (χ3n) is 0.813. The molecule has 0 aliphatic heterocycles. The molecule has 0 aliphatic rings. The Morgan fingerprint density at radius 1 is 1.67 bits per heavy atom. The lowest BCUT2D eigenvalue weighted by Gasteiger charge is -1.90. The summed E-state index contributed by atoms with van der Waals surface area (Å²) in [7, 11) is 0. The Bertz CT molecular complexity index is 114. The van der Waals surface area contributed by atoms with Gasteiger partial charge in [0.1, 0.15) is 0 Å². The summed E-state index contributed by atoms with van der Waals surface area (Å²) >= 11 is 0. The summed E-state index contributed by atoms with van der Waals surface area (Å²) < 4.78 is 0. The highest BCUT2D eigenvalue weighted by Gasteiger charge is 1.89. The molecule has 2 heteroatoms. The Morgan fingerprint density at radius 2 is 2.22 bits per heavy atom. The van der Waals surface area contributed by atoms with Crippen LogP contribution >= 0.6 is 0 Å². The number of carboxylic acid groups (broad SMARTS) is 1. The van der Waals surface area contributed by atoms with Gasteiger partial charge in [0.15, 0.2) is 0 Å². The second kappa shape index (κ2) is 4.13. The van der Waals surface area contributed by atoms with Crippen LogP contribution in [0.2, 0.25) is 0 Å². The number of carbonyl (C=O) groups is 1. The average Bonchev–Trinajstić information content (AvgIpc) is 1.63. The zero-order valence-electron chi connectivity index (χ0n) is 5.79. The zero-order valence-corrected chi connectivity index (χ0v) is 5.79. The molecule has 0 spiro atoms. The van der Waals surface area contributed by atoms with Gasteiger partial charge >= 0.3 is 5.97 Å². The highest BCUT2D eigenvalue weighted by molar-refractivity contribution is 5.68. The lowest BCUT2D eigenvalue weighted by molar-refractivity contribution is -0.136. The minimum Gasteiger partial charge on any atom is -0.481 e. The molecular weight excluding hydrogens is 116 g/mol. The van der Waals surface area contributed by atoms with Crippen molar-refractivity contribution in [1.29, 1.82) is 0 Å². The van der Waals surface area contributed by atoms with Crippen LogP contribution in [0.3, 0.4) is 0 Å². The lowest BCUT2D eigenvalue weighted by atomic mass is 10.2. The Hall–Kier alpha value is -0.790. The minimum atomic E-state index is -0.771. The Kier molecular flexibility index (Phi) is 3.76. The summed E-state index contributed by atoms with van der Waals surface area (Å²) in [5, 5.41) is 8.18. The molecule has 0 radical (unpaired) electrons. The Balaban J connectivity index is 3.36. The molecule has 0 aromatic rings. The summed E-state index contributed by atoms with van der Waals surface area (Å²) in [6.07, 6.45) is 3.69. The summed E-state index contributed by atoms with van der Waals surface area (Å²) in [5.41, 5.74) is 0. The van der Waals surface area contributed by atoms with Crippen molar-refractivity contribution in [1.82, 2.24) is 0 Å². The molecule has 0 saturated carbocycles. The van der Waals surface area contributed by atoms with E-state index >= 15 is 0 Å². The monoisotopic (exact) mass is 128 g/mol. The SMILES string of the molecule is CC(C)C=CCC(=O)O. The first-order chi connectivity index (χ1) is 4.13. The molecule has 1 N–H and O–H groups in total. The van der Waals surface area contributed by atoms with Crippen molar-refractivity contribution in [2.24, 2.45) is 5.92 Å². The summed E-state index contributed by atoms with van der Waals surface area (Å²) in [5.74, 6) is -0.323. The van der Waals surface area contributed by atoms with E-state index in [1.807, 2.05) is 19.9 Å². The second-order valence-electron chi connectivity index (χ2n) is 2.27. The van der Waals surface area contributed by atoms with Crippen LogP contribution in [-0.4, -0.2) is 11.1 Å². The molecule has 0 unspecified atom stereocenters.